The Hall–Kier alpha value is -3.19. The van der Waals surface area contributed by atoms with Crippen molar-refractivity contribution < 1.29 is 14.3 Å². The molecule has 3 aromatic rings. The van der Waals surface area contributed by atoms with Crippen LogP contribution in [0.1, 0.15) is 16.8 Å². The Bertz CT molecular complexity index is 1030. The van der Waals surface area contributed by atoms with Gasteiger partial charge in [0.2, 0.25) is 0 Å². The average Bonchev–Trinajstić information content (AvgIpc) is 2.77. The summed E-state index contributed by atoms with van der Waals surface area (Å²) in [6.45, 7) is 5.04. The van der Waals surface area contributed by atoms with Crippen molar-refractivity contribution in [2.75, 3.05) is 49.5 Å². The minimum absolute atomic E-state index is 0.168. The Morgan fingerprint density at radius 2 is 1.80 bits per heavy atom. The van der Waals surface area contributed by atoms with Crippen LogP contribution in [0, 0.1) is 5.82 Å². The fourth-order valence-corrected chi connectivity index (χ4v) is 3.88. The molecular weight excluding hydrogens is 383 g/mol. The molecule has 0 spiro atoms. The number of hydrogen-bond acceptors (Lipinski definition) is 5. The Morgan fingerprint density at radius 3 is 2.57 bits per heavy atom. The van der Waals surface area contributed by atoms with Crippen molar-refractivity contribution in [1.82, 2.24) is 9.88 Å². The van der Waals surface area contributed by atoms with Crippen molar-refractivity contribution in [1.29, 1.82) is 0 Å². The van der Waals surface area contributed by atoms with E-state index in [1.54, 1.807) is 18.2 Å². The largest absolute Gasteiger partial charge is 0.478 e. The highest BCUT2D eigenvalue weighted by Crippen LogP contribution is 2.22. The zero-order valence-electron chi connectivity index (χ0n) is 16.7. The van der Waals surface area contributed by atoms with Gasteiger partial charge in [-0.2, -0.15) is 0 Å². The first-order valence-electron chi connectivity index (χ1n) is 10.2. The van der Waals surface area contributed by atoms with Crippen molar-refractivity contribution in [2.45, 2.75) is 6.42 Å². The molecule has 0 aliphatic carbocycles. The van der Waals surface area contributed by atoms with Gasteiger partial charge in [-0.3, -0.25) is 4.90 Å². The normalized spacial score (nSPS) is 14.8. The average molecular weight is 408 g/mol. The van der Waals surface area contributed by atoms with Crippen LogP contribution in [0.25, 0.3) is 10.9 Å². The Morgan fingerprint density at radius 1 is 1.07 bits per heavy atom. The zero-order chi connectivity index (χ0) is 20.9. The number of carbonyl (C=O) groups is 1. The fourth-order valence-electron chi connectivity index (χ4n) is 3.88. The van der Waals surface area contributed by atoms with Crippen molar-refractivity contribution in [3.63, 3.8) is 0 Å². The number of para-hydroxylation sites is 2. The van der Waals surface area contributed by atoms with Gasteiger partial charge in [-0.15, -0.1) is 0 Å². The van der Waals surface area contributed by atoms with Crippen molar-refractivity contribution in [2.24, 2.45) is 0 Å². The number of halogens is 1. The number of fused-ring (bicyclic) bond motifs is 1. The van der Waals surface area contributed by atoms with Gasteiger partial charge in [0.25, 0.3) is 0 Å². The molecule has 30 heavy (non-hydrogen) atoms. The molecule has 0 bridgehead atoms. The highest BCUT2D eigenvalue weighted by atomic mass is 19.1. The van der Waals surface area contributed by atoms with Crippen molar-refractivity contribution >= 4 is 28.4 Å². The smallest absolute Gasteiger partial charge is 0.336 e. The quantitative estimate of drug-likeness (QED) is 0.581. The Balaban J connectivity index is 1.27. The minimum Gasteiger partial charge on any atom is -0.478 e. The maximum atomic E-state index is 14.0. The lowest BCUT2D eigenvalue weighted by molar-refractivity contribution is 0.0699. The third kappa shape index (κ3) is 4.52. The third-order valence-corrected chi connectivity index (χ3v) is 5.47. The van der Waals surface area contributed by atoms with Gasteiger partial charge in [-0.05, 0) is 37.2 Å². The summed E-state index contributed by atoms with van der Waals surface area (Å²) < 4.78 is 14.0. The molecule has 1 fully saturated rings. The Kier molecular flexibility index (Phi) is 6.09. The van der Waals surface area contributed by atoms with E-state index in [2.05, 4.69) is 20.1 Å². The molecule has 0 unspecified atom stereocenters. The van der Waals surface area contributed by atoms with E-state index in [-0.39, 0.29) is 11.4 Å². The second kappa shape index (κ2) is 9.09. The van der Waals surface area contributed by atoms with Crippen LogP contribution >= 0.6 is 0 Å². The highest BCUT2D eigenvalue weighted by molar-refractivity contribution is 6.03. The number of aromatic carboxylic acids is 1. The van der Waals surface area contributed by atoms with E-state index in [0.29, 0.717) is 29.0 Å². The number of nitrogens with zero attached hydrogens (tertiary/aromatic N) is 3. The molecule has 0 saturated carbocycles. The lowest BCUT2D eigenvalue weighted by Crippen LogP contribution is -2.47. The van der Waals surface area contributed by atoms with Crippen molar-refractivity contribution in [3.8, 4) is 0 Å². The lowest BCUT2D eigenvalue weighted by atomic mass is 10.1. The molecule has 0 radical (unpaired) electrons. The first-order valence-corrected chi connectivity index (χ1v) is 10.2. The van der Waals surface area contributed by atoms with E-state index in [0.717, 1.165) is 39.1 Å². The number of hydrogen-bond donors (Lipinski definition) is 2. The summed E-state index contributed by atoms with van der Waals surface area (Å²) in [4.78, 5) is 20.6. The number of anilines is 2. The van der Waals surface area contributed by atoms with Gasteiger partial charge in [0.05, 0.1) is 16.8 Å². The summed E-state index contributed by atoms with van der Waals surface area (Å²) in [6.07, 6.45) is 0.913. The molecule has 6 nitrogen and oxygen atoms in total. The highest BCUT2D eigenvalue weighted by Gasteiger charge is 2.19. The molecule has 7 heteroatoms. The number of rotatable bonds is 7. The standard InChI is InChI=1S/C23H25FN4O2/c24-19-7-2-4-9-21(19)28-14-12-27(13-15-28)11-5-10-25-22-16-18(23(29)30)17-6-1-3-8-20(17)26-22/h1-4,6-9,16H,5,10-15H2,(H,25,26)(H,29,30). The van der Waals surface area contributed by atoms with Gasteiger partial charge in [0.15, 0.2) is 0 Å². The first kappa shape index (κ1) is 20.1. The van der Waals surface area contributed by atoms with Crippen LogP contribution < -0.4 is 10.2 Å². The van der Waals surface area contributed by atoms with E-state index in [9.17, 15) is 14.3 Å². The fraction of sp³-hybridized carbons (Fsp3) is 0.304. The van der Waals surface area contributed by atoms with Gasteiger partial charge in [-0.1, -0.05) is 30.3 Å². The second-order valence-electron chi connectivity index (χ2n) is 7.44. The molecule has 4 rings (SSSR count). The summed E-state index contributed by atoms with van der Waals surface area (Å²) in [5, 5.41) is 13.4. The molecule has 1 aliphatic heterocycles. The zero-order valence-corrected chi connectivity index (χ0v) is 16.7. The molecule has 2 N–H and O–H groups in total. The monoisotopic (exact) mass is 408 g/mol. The van der Waals surface area contributed by atoms with Gasteiger partial charge in [0, 0.05) is 38.1 Å². The number of carboxylic acids is 1. The van der Waals surface area contributed by atoms with Gasteiger partial charge in [0.1, 0.15) is 11.6 Å². The maximum Gasteiger partial charge on any atom is 0.336 e. The molecular formula is C23H25FN4O2. The number of nitrogens with one attached hydrogen (secondary N) is 1. The molecule has 2 heterocycles. The van der Waals surface area contributed by atoms with Crippen LogP contribution in [0.5, 0.6) is 0 Å². The summed E-state index contributed by atoms with van der Waals surface area (Å²) in [6, 6.07) is 15.8. The molecule has 0 atom stereocenters. The molecule has 1 saturated heterocycles. The number of pyridine rings is 1. The van der Waals surface area contributed by atoms with Crippen LogP contribution in [0.15, 0.2) is 54.6 Å². The SMILES string of the molecule is O=C(O)c1cc(NCCCN2CCN(c3ccccc3F)CC2)nc2ccccc12. The van der Waals surface area contributed by atoms with Crippen LogP contribution in [0.3, 0.4) is 0 Å². The van der Waals surface area contributed by atoms with Crippen molar-refractivity contribution in [3.05, 3.63) is 66.0 Å². The molecule has 1 aromatic heterocycles. The lowest BCUT2D eigenvalue weighted by Gasteiger charge is -2.36. The summed E-state index contributed by atoms with van der Waals surface area (Å²) >= 11 is 0. The third-order valence-electron chi connectivity index (χ3n) is 5.47. The summed E-state index contributed by atoms with van der Waals surface area (Å²) in [5.74, 6) is -0.543. The molecule has 1 aliphatic rings. The number of aromatic nitrogens is 1. The van der Waals surface area contributed by atoms with Gasteiger partial charge < -0.3 is 15.3 Å². The van der Waals surface area contributed by atoms with Crippen LogP contribution in [-0.4, -0.2) is 60.2 Å². The predicted molar refractivity (Wildman–Crippen MR) is 117 cm³/mol. The minimum atomic E-state index is -0.954. The van der Waals surface area contributed by atoms with E-state index in [1.165, 1.54) is 6.07 Å². The number of piperazine rings is 1. The van der Waals surface area contributed by atoms with E-state index in [4.69, 9.17) is 0 Å². The number of benzene rings is 2. The summed E-state index contributed by atoms with van der Waals surface area (Å²) in [5.41, 5.74) is 1.60. The van der Waals surface area contributed by atoms with Crippen LogP contribution in [0.2, 0.25) is 0 Å². The molecule has 2 aromatic carbocycles. The molecule has 156 valence electrons. The van der Waals surface area contributed by atoms with Gasteiger partial charge >= 0.3 is 5.97 Å². The van der Waals surface area contributed by atoms with E-state index >= 15 is 0 Å². The van der Waals surface area contributed by atoms with Crippen LogP contribution in [0.4, 0.5) is 15.9 Å². The maximum absolute atomic E-state index is 14.0. The van der Waals surface area contributed by atoms with E-state index < -0.39 is 5.97 Å². The number of carboxylic acid groups (broad SMARTS) is 1. The summed E-state index contributed by atoms with van der Waals surface area (Å²) in [7, 11) is 0. The van der Waals surface area contributed by atoms with Gasteiger partial charge in [-0.25, -0.2) is 14.2 Å². The second-order valence-corrected chi connectivity index (χ2v) is 7.44. The Labute approximate surface area is 174 Å². The first-order chi connectivity index (χ1) is 14.6. The topological polar surface area (TPSA) is 68.7 Å². The molecule has 0 amide bonds. The predicted octanol–water partition coefficient (Wildman–Crippen LogP) is 3.70. The van der Waals surface area contributed by atoms with Crippen LogP contribution in [-0.2, 0) is 0 Å². The van der Waals surface area contributed by atoms with E-state index in [1.807, 2.05) is 30.3 Å².